The van der Waals surface area contributed by atoms with Crippen molar-refractivity contribution < 1.29 is 19.1 Å². The van der Waals surface area contributed by atoms with Crippen LogP contribution in [0.3, 0.4) is 0 Å². The highest BCUT2D eigenvalue weighted by Crippen LogP contribution is 2.36. The SMILES string of the molecule is CCOc1ccc(C(=O)c2c(N)sc3c2CCN(C(=O)OCc2ccccc2)C3)cc1. The lowest BCUT2D eigenvalue weighted by Crippen LogP contribution is -2.36. The fourth-order valence-corrected chi connectivity index (χ4v) is 4.78. The van der Waals surface area contributed by atoms with Crippen LogP contribution in [0.5, 0.6) is 5.75 Å². The lowest BCUT2D eigenvalue weighted by atomic mass is 9.96. The molecule has 3 aromatic rings. The van der Waals surface area contributed by atoms with Gasteiger partial charge in [0.05, 0.1) is 23.7 Å². The average Bonchev–Trinajstić information content (AvgIpc) is 3.13. The first-order valence-corrected chi connectivity index (χ1v) is 11.0. The fourth-order valence-electron chi connectivity index (χ4n) is 3.65. The number of carbonyl (C=O) groups is 2. The lowest BCUT2D eigenvalue weighted by Gasteiger charge is -2.26. The highest BCUT2D eigenvalue weighted by atomic mass is 32.1. The Morgan fingerprint density at radius 1 is 1.10 bits per heavy atom. The maximum atomic E-state index is 13.1. The summed E-state index contributed by atoms with van der Waals surface area (Å²) in [4.78, 5) is 28.2. The molecule has 0 saturated carbocycles. The van der Waals surface area contributed by atoms with E-state index in [1.807, 2.05) is 37.3 Å². The van der Waals surface area contributed by atoms with Crippen LogP contribution in [-0.2, 0) is 24.3 Å². The monoisotopic (exact) mass is 436 g/mol. The molecule has 1 aliphatic rings. The zero-order chi connectivity index (χ0) is 21.8. The molecule has 0 spiro atoms. The maximum absolute atomic E-state index is 13.1. The van der Waals surface area contributed by atoms with Crippen LogP contribution in [0.1, 0.15) is 38.8 Å². The van der Waals surface area contributed by atoms with Gasteiger partial charge in [0.15, 0.2) is 5.78 Å². The summed E-state index contributed by atoms with van der Waals surface area (Å²) >= 11 is 1.37. The minimum absolute atomic E-state index is 0.0989. The summed E-state index contributed by atoms with van der Waals surface area (Å²) in [6, 6.07) is 16.7. The van der Waals surface area contributed by atoms with E-state index in [1.54, 1.807) is 29.2 Å². The molecule has 0 saturated heterocycles. The molecule has 0 unspecified atom stereocenters. The number of hydrogen-bond acceptors (Lipinski definition) is 6. The van der Waals surface area contributed by atoms with Crippen molar-refractivity contribution in [1.29, 1.82) is 0 Å². The molecule has 2 aromatic carbocycles. The number of carbonyl (C=O) groups excluding carboxylic acids is 2. The smallest absolute Gasteiger partial charge is 0.410 e. The van der Waals surface area contributed by atoms with Gasteiger partial charge in [-0.05, 0) is 48.7 Å². The van der Waals surface area contributed by atoms with Gasteiger partial charge in [-0.1, -0.05) is 30.3 Å². The molecule has 1 aliphatic heterocycles. The summed E-state index contributed by atoms with van der Waals surface area (Å²) in [5, 5.41) is 0.489. The molecule has 1 amide bonds. The third kappa shape index (κ3) is 4.56. The Balaban J connectivity index is 1.46. The van der Waals surface area contributed by atoms with E-state index in [4.69, 9.17) is 15.2 Å². The number of nitrogens with zero attached hydrogens (tertiary/aromatic N) is 1. The van der Waals surface area contributed by atoms with Crippen LogP contribution in [0.25, 0.3) is 0 Å². The fraction of sp³-hybridized carbons (Fsp3) is 0.250. The molecule has 0 atom stereocenters. The number of ketones is 1. The van der Waals surface area contributed by atoms with Crippen LogP contribution in [0.2, 0.25) is 0 Å². The molecule has 0 bridgehead atoms. The lowest BCUT2D eigenvalue weighted by molar-refractivity contribution is 0.0923. The number of thiophene rings is 1. The minimum Gasteiger partial charge on any atom is -0.494 e. The van der Waals surface area contributed by atoms with Gasteiger partial charge in [0.2, 0.25) is 0 Å². The van der Waals surface area contributed by atoms with Crippen molar-refractivity contribution in [1.82, 2.24) is 4.90 Å². The van der Waals surface area contributed by atoms with Crippen LogP contribution >= 0.6 is 11.3 Å². The molecule has 7 heteroatoms. The van der Waals surface area contributed by atoms with Gasteiger partial charge in [-0.3, -0.25) is 4.79 Å². The molecule has 2 heterocycles. The molecule has 6 nitrogen and oxygen atoms in total. The topological polar surface area (TPSA) is 81.9 Å². The second-order valence-electron chi connectivity index (χ2n) is 7.24. The van der Waals surface area contributed by atoms with E-state index < -0.39 is 0 Å². The van der Waals surface area contributed by atoms with E-state index in [1.165, 1.54) is 11.3 Å². The van der Waals surface area contributed by atoms with E-state index in [2.05, 4.69) is 0 Å². The summed E-state index contributed by atoms with van der Waals surface area (Å²) in [5.74, 6) is 0.627. The first kappa shape index (κ1) is 20.9. The Hall–Kier alpha value is -3.32. The Bertz CT molecular complexity index is 1080. The molecule has 0 aliphatic carbocycles. The zero-order valence-corrected chi connectivity index (χ0v) is 18.1. The number of nitrogen functional groups attached to an aromatic ring is 1. The number of benzene rings is 2. The van der Waals surface area contributed by atoms with Gasteiger partial charge < -0.3 is 20.1 Å². The van der Waals surface area contributed by atoms with Crippen molar-refractivity contribution in [3.8, 4) is 5.75 Å². The molecule has 4 rings (SSSR count). The van der Waals surface area contributed by atoms with Crippen LogP contribution in [0, 0.1) is 0 Å². The molecule has 1 aromatic heterocycles. The number of amides is 1. The molecular weight excluding hydrogens is 412 g/mol. The van der Waals surface area contributed by atoms with E-state index in [9.17, 15) is 9.59 Å². The molecule has 160 valence electrons. The van der Waals surface area contributed by atoms with Gasteiger partial charge in [0, 0.05) is 17.0 Å². The van der Waals surface area contributed by atoms with Crippen molar-refractivity contribution in [3.63, 3.8) is 0 Å². The van der Waals surface area contributed by atoms with Crippen molar-refractivity contribution in [3.05, 3.63) is 81.7 Å². The Labute approximate surface area is 185 Å². The number of fused-ring (bicyclic) bond motifs is 1. The van der Waals surface area contributed by atoms with Gasteiger partial charge in [0.1, 0.15) is 12.4 Å². The molecule has 0 radical (unpaired) electrons. The Kier molecular flexibility index (Phi) is 6.23. The highest BCUT2D eigenvalue weighted by molar-refractivity contribution is 7.16. The summed E-state index contributed by atoms with van der Waals surface area (Å²) < 4.78 is 10.9. The number of hydrogen-bond donors (Lipinski definition) is 1. The van der Waals surface area contributed by atoms with Crippen LogP contribution in [0.15, 0.2) is 54.6 Å². The predicted octanol–water partition coefficient (Wildman–Crippen LogP) is 4.65. The summed E-state index contributed by atoms with van der Waals surface area (Å²) in [6.45, 7) is 3.60. The van der Waals surface area contributed by atoms with E-state index in [0.717, 1.165) is 21.8 Å². The first-order chi connectivity index (χ1) is 15.1. The first-order valence-electron chi connectivity index (χ1n) is 10.2. The highest BCUT2D eigenvalue weighted by Gasteiger charge is 2.30. The van der Waals surface area contributed by atoms with Crippen molar-refractivity contribution in [2.45, 2.75) is 26.5 Å². The van der Waals surface area contributed by atoms with Crippen LogP contribution < -0.4 is 10.5 Å². The zero-order valence-electron chi connectivity index (χ0n) is 17.3. The molecule has 2 N–H and O–H groups in total. The second-order valence-corrected chi connectivity index (χ2v) is 8.38. The van der Waals surface area contributed by atoms with Gasteiger partial charge in [0.25, 0.3) is 0 Å². The predicted molar refractivity (Wildman–Crippen MR) is 121 cm³/mol. The summed E-state index contributed by atoms with van der Waals surface area (Å²) in [6.07, 6.45) is 0.211. The van der Waals surface area contributed by atoms with Crippen molar-refractivity contribution in [2.24, 2.45) is 0 Å². The van der Waals surface area contributed by atoms with E-state index in [-0.39, 0.29) is 18.5 Å². The van der Waals surface area contributed by atoms with Gasteiger partial charge in [-0.25, -0.2) is 4.79 Å². The molecular formula is C24H24N2O4S. The van der Waals surface area contributed by atoms with Crippen molar-refractivity contribution >= 4 is 28.2 Å². The average molecular weight is 437 g/mol. The Morgan fingerprint density at radius 2 is 1.84 bits per heavy atom. The van der Waals surface area contributed by atoms with E-state index >= 15 is 0 Å². The summed E-state index contributed by atoms with van der Waals surface area (Å²) in [5.41, 5.74) is 9.24. The summed E-state index contributed by atoms with van der Waals surface area (Å²) in [7, 11) is 0. The molecule has 31 heavy (non-hydrogen) atoms. The number of nitrogens with two attached hydrogens (primary N) is 1. The third-order valence-electron chi connectivity index (χ3n) is 5.20. The van der Waals surface area contributed by atoms with Crippen molar-refractivity contribution in [2.75, 3.05) is 18.9 Å². The van der Waals surface area contributed by atoms with Crippen LogP contribution in [0.4, 0.5) is 9.80 Å². The van der Waals surface area contributed by atoms with E-state index in [0.29, 0.717) is 42.2 Å². The normalized spacial score (nSPS) is 12.9. The largest absolute Gasteiger partial charge is 0.494 e. The van der Waals surface area contributed by atoms with Gasteiger partial charge >= 0.3 is 6.09 Å². The quantitative estimate of drug-likeness (QED) is 0.569. The van der Waals surface area contributed by atoms with Gasteiger partial charge in [-0.2, -0.15) is 0 Å². The number of rotatable bonds is 6. The third-order valence-corrected chi connectivity index (χ3v) is 6.25. The van der Waals surface area contributed by atoms with Gasteiger partial charge in [-0.15, -0.1) is 11.3 Å². The number of anilines is 1. The number of ether oxygens (including phenoxy) is 2. The Morgan fingerprint density at radius 3 is 2.55 bits per heavy atom. The standard InChI is InChI=1S/C24H24N2O4S/c1-2-29-18-10-8-17(9-11-18)22(27)21-19-12-13-26(14-20(19)31-23(21)25)24(28)30-15-16-6-4-3-5-7-16/h3-11H,2,12-15,25H2,1H3. The minimum atomic E-state index is -0.360. The molecule has 0 fully saturated rings. The second kappa shape index (κ2) is 9.22. The maximum Gasteiger partial charge on any atom is 0.410 e. The van der Waals surface area contributed by atoms with Crippen LogP contribution in [-0.4, -0.2) is 29.9 Å².